The number of halogens is 3. The summed E-state index contributed by atoms with van der Waals surface area (Å²) in [7, 11) is 1.51. The quantitative estimate of drug-likeness (QED) is 0.226. The van der Waals surface area contributed by atoms with E-state index in [0.717, 1.165) is 78.2 Å². The zero-order chi connectivity index (χ0) is 34.2. The predicted octanol–water partition coefficient (Wildman–Crippen LogP) is 2.73. The van der Waals surface area contributed by atoms with Gasteiger partial charge in [-0.05, 0) is 12.1 Å². The number of alkyl halides is 3. The van der Waals surface area contributed by atoms with Crippen molar-refractivity contribution in [2.24, 2.45) is 0 Å². The summed E-state index contributed by atoms with van der Waals surface area (Å²) in [6.07, 6.45) is -2.43. The number of carboxylic acids is 2. The highest BCUT2D eigenvalue weighted by molar-refractivity contribution is 6.27. The van der Waals surface area contributed by atoms with Gasteiger partial charge in [0.1, 0.15) is 23.9 Å². The summed E-state index contributed by atoms with van der Waals surface area (Å²) in [5, 5.41) is 17.5. The molecule has 0 bridgehead atoms. The topological polar surface area (TPSA) is 150 Å². The fourth-order valence-electron chi connectivity index (χ4n) is 4.67. The second-order valence-corrected chi connectivity index (χ2v) is 10.4. The molecule has 0 spiro atoms. The van der Waals surface area contributed by atoms with Crippen molar-refractivity contribution >= 4 is 29.6 Å². The fourth-order valence-corrected chi connectivity index (χ4v) is 4.67. The molecule has 258 valence electrons. The van der Waals surface area contributed by atoms with Crippen molar-refractivity contribution in [2.75, 3.05) is 91.2 Å². The Morgan fingerprint density at radius 1 is 0.872 bits per heavy atom. The first-order valence-corrected chi connectivity index (χ1v) is 14.8. The van der Waals surface area contributed by atoms with Gasteiger partial charge in [0.2, 0.25) is 5.91 Å². The van der Waals surface area contributed by atoms with Gasteiger partial charge in [0.15, 0.2) is 0 Å². The van der Waals surface area contributed by atoms with Gasteiger partial charge < -0.3 is 34.5 Å². The molecule has 2 heterocycles. The molecule has 1 amide bonds. The third kappa shape index (κ3) is 14.3. The van der Waals surface area contributed by atoms with E-state index in [1.807, 2.05) is 0 Å². The van der Waals surface area contributed by atoms with E-state index in [4.69, 9.17) is 34.0 Å². The fraction of sp³-hybridized carbons (Fsp3) is 0.452. The Balaban J connectivity index is 0.000000913. The maximum absolute atomic E-state index is 12.7. The van der Waals surface area contributed by atoms with E-state index in [1.54, 1.807) is 24.3 Å². The molecule has 4 rings (SSSR count). The van der Waals surface area contributed by atoms with E-state index in [2.05, 4.69) is 24.8 Å². The smallest absolute Gasteiger partial charge is 0.497 e. The average Bonchev–Trinajstić information content (AvgIpc) is 3.04. The monoisotopic (exact) mass is 668 g/mol. The number of carbonyl (C=O) groups excluding carboxylic acids is 1. The Morgan fingerprint density at radius 3 is 2.04 bits per heavy atom. The normalized spacial score (nSPS) is 16.2. The third-order valence-corrected chi connectivity index (χ3v) is 7.10. The van der Waals surface area contributed by atoms with Crippen LogP contribution >= 0.6 is 0 Å². The number of nitrogens with one attached hydrogen (secondary N) is 1. The maximum atomic E-state index is 12.7. The zero-order valence-electron chi connectivity index (χ0n) is 25.9. The van der Waals surface area contributed by atoms with E-state index >= 15 is 0 Å². The summed E-state index contributed by atoms with van der Waals surface area (Å²) in [5.41, 5.74) is 0.551. The van der Waals surface area contributed by atoms with Crippen LogP contribution in [0.5, 0.6) is 17.2 Å². The number of morpholine rings is 1. The van der Waals surface area contributed by atoms with Gasteiger partial charge in [-0.2, -0.15) is 0 Å². The number of rotatable bonds is 12. The molecule has 0 saturated carbocycles. The molecule has 2 aromatic rings. The molecular formula is C31H39F3N4O9. The number of hydrogen-bond acceptors (Lipinski definition) is 10. The summed E-state index contributed by atoms with van der Waals surface area (Å²) >= 11 is 0. The van der Waals surface area contributed by atoms with Crippen LogP contribution in [-0.2, 0) is 19.1 Å². The Bertz CT molecular complexity index is 1330. The molecule has 2 aliphatic rings. The van der Waals surface area contributed by atoms with Crippen LogP contribution in [0.15, 0.2) is 48.5 Å². The van der Waals surface area contributed by atoms with Crippen LogP contribution < -0.4 is 19.5 Å². The van der Waals surface area contributed by atoms with Crippen molar-refractivity contribution in [1.29, 1.82) is 0 Å². The zero-order valence-corrected chi connectivity index (χ0v) is 25.9. The lowest BCUT2D eigenvalue weighted by molar-refractivity contribution is -0.274. The van der Waals surface area contributed by atoms with Crippen LogP contribution in [0.3, 0.4) is 0 Å². The van der Waals surface area contributed by atoms with Crippen molar-refractivity contribution in [2.45, 2.75) is 6.36 Å². The molecule has 0 atom stereocenters. The van der Waals surface area contributed by atoms with Crippen molar-refractivity contribution < 1.29 is 56.7 Å². The van der Waals surface area contributed by atoms with Gasteiger partial charge in [-0.1, -0.05) is 18.2 Å². The number of nitrogens with zero attached hydrogens (tertiary/aromatic N) is 3. The van der Waals surface area contributed by atoms with Gasteiger partial charge in [-0.25, -0.2) is 9.59 Å². The molecular weight excluding hydrogens is 629 g/mol. The lowest BCUT2D eigenvalue weighted by Crippen LogP contribution is -2.50. The highest BCUT2D eigenvalue weighted by Gasteiger charge is 2.31. The van der Waals surface area contributed by atoms with Gasteiger partial charge in [0, 0.05) is 94.4 Å². The van der Waals surface area contributed by atoms with Crippen molar-refractivity contribution in [3.8, 4) is 17.2 Å². The van der Waals surface area contributed by atoms with Crippen LogP contribution in [0, 0.1) is 0 Å². The van der Waals surface area contributed by atoms with Gasteiger partial charge in [0.25, 0.3) is 0 Å². The molecule has 13 nitrogen and oxygen atoms in total. The van der Waals surface area contributed by atoms with Gasteiger partial charge >= 0.3 is 18.3 Å². The number of benzene rings is 2. The highest BCUT2D eigenvalue weighted by Crippen LogP contribution is 2.28. The number of amides is 1. The largest absolute Gasteiger partial charge is 0.573 e. The van der Waals surface area contributed by atoms with Crippen LogP contribution in [0.25, 0.3) is 6.08 Å². The molecule has 2 saturated heterocycles. The third-order valence-electron chi connectivity index (χ3n) is 7.10. The Hall–Kier alpha value is -4.38. The number of carboxylic acid groups (broad SMARTS) is 2. The minimum Gasteiger partial charge on any atom is -0.497 e. The van der Waals surface area contributed by atoms with Gasteiger partial charge in [-0.15, -0.1) is 13.2 Å². The highest BCUT2D eigenvalue weighted by atomic mass is 19.4. The lowest BCUT2D eigenvalue weighted by Gasteiger charge is -2.36. The summed E-state index contributed by atoms with van der Waals surface area (Å²) in [6.45, 7) is 11.1. The standard InChI is InChI=1S/C29H37F3N4O5.C2H2O4/c1-38-25-20-24(33-28(37)7-6-23-4-2-3-5-27(23)41-29(30,31)32)21-26(22-25)40-19-16-35-11-8-34(9-12-35)10-13-36-14-17-39-18-15-36;3-1(4)2(5)6/h2-7,20-22H,8-19H2,1H3,(H,33,37);(H,3,4)(H,5,6)/b7-6+;. The van der Waals surface area contributed by atoms with Gasteiger partial charge in [-0.3, -0.25) is 19.5 Å². The number of anilines is 1. The second kappa shape index (κ2) is 18.7. The molecule has 0 aliphatic carbocycles. The Morgan fingerprint density at radius 2 is 1.45 bits per heavy atom. The van der Waals surface area contributed by atoms with Crippen molar-refractivity contribution in [1.82, 2.24) is 14.7 Å². The molecule has 16 heteroatoms. The molecule has 2 fully saturated rings. The molecule has 2 aromatic carbocycles. The van der Waals surface area contributed by atoms with Crippen molar-refractivity contribution in [3.63, 3.8) is 0 Å². The van der Waals surface area contributed by atoms with Crippen LogP contribution in [-0.4, -0.2) is 135 Å². The molecule has 3 N–H and O–H groups in total. The maximum Gasteiger partial charge on any atom is 0.573 e. The van der Waals surface area contributed by atoms with Crippen molar-refractivity contribution in [3.05, 3.63) is 54.1 Å². The second-order valence-electron chi connectivity index (χ2n) is 10.4. The van der Waals surface area contributed by atoms with E-state index in [1.165, 1.54) is 31.4 Å². The lowest BCUT2D eigenvalue weighted by atomic mass is 10.2. The Kier molecular flexibility index (Phi) is 14.7. The number of ether oxygens (including phenoxy) is 4. The van der Waals surface area contributed by atoms with E-state index in [-0.39, 0.29) is 5.56 Å². The average molecular weight is 669 g/mol. The van der Waals surface area contributed by atoms with E-state index in [9.17, 15) is 18.0 Å². The minimum atomic E-state index is -4.83. The predicted molar refractivity (Wildman–Crippen MR) is 165 cm³/mol. The number of piperazine rings is 1. The summed E-state index contributed by atoms with van der Waals surface area (Å²) in [4.78, 5) is 38.0. The summed E-state index contributed by atoms with van der Waals surface area (Å²) < 4.78 is 58.7. The first kappa shape index (κ1) is 37.1. The summed E-state index contributed by atoms with van der Waals surface area (Å²) in [6, 6.07) is 10.6. The number of carbonyl (C=O) groups is 3. The minimum absolute atomic E-state index is 0.118. The number of hydrogen-bond donors (Lipinski definition) is 3. The van der Waals surface area contributed by atoms with Crippen LogP contribution in [0.4, 0.5) is 18.9 Å². The van der Waals surface area contributed by atoms with Gasteiger partial charge in [0.05, 0.1) is 20.3 Å². The van der Waals surface area contributed by atoms with E-state index in [0.29, 0.717) is 23.8 Å². The Labute approximate surface area is 270 Å². The number of aliphatic carboxylic acids is 2. The number of para-hydroxylation sites is 1. The first-order valence-electron chi connectivity index (χ1n) is 14.8. The molecule has 0 unspecified atom stereocenters. The van der Waals surface area contributed by atoms with E-state index < -0.39 is 30.0 Å². The number of methoxy groups -OCH3 is 1. The SMILES string of the molecule is COc1cc(NC(=O)/C=C/c2ccccc2OC(F)(F)F)cc(OCCN2CCN(CCN3CCOCC3)CC2)c1.O=C(O)C(=O)O. The summed E-state index contributed by atoms with van der Waals surface area (Å²) in [5.74, 6) is -3.53. The first-order chi connectivity index (χ1) is 22.4. The van der Waals surface area contributed by atoms with Crippen LogP contribution in [0.2, 0.25) is 0 Å². The molecule has 0 aromatic heterocycles. The molecule has 2 aliphatic heterocycles. The molecule has 47 heavy (non-hydrogen) atoms. The van der Waals surface area contributed by atoms with Crippen LogP contribution in [0.1, 0.15) is 5.56 Å². The molecule has 0 radical (unpaired) electrons.